The van der Waals surface area contributed by atoms with Crippen LogP contribution in [0.25, 0.3) is 0 Å². The van der Waals surface area contributed by atoms with Gasteiger partial charge in [0.25, 0.3) is 0 Å². The maximum atomic E-state index is 3.85. The summed E-state index contributed by atoms with van der Waals surface area (Å²) in [5.74, 6) is 0. The molecule has 0 N–H and O–H groups in total. The zero-order chi connectivity index (χ0) is 13.4. The zero-order valence-electron chi connectivity index (χ0n) is 12.1. The average Bonchev–Trinajstić information content (AvgIpc) is 2.42. The predicted octanol–water partition coefficient (Wildman–Crippen LogP) is 6.22. The van der Waals surface area contributed by atoms with Gasteiger partial charge < -0.3 is 0 Å². The van der Waals surface area contributed by atoms with Crippen LogP contribution in [0.4, 0.5) is 0 Å². The Kier molecular flexibility index (Phi) is 7.65. The van der Waals surface area contributed by atoms with E-state index >= 15 is 0 Å². The minimum Gasteiger partial charge on any atom is -0.0839 e. The molecule has 0 nitrogen and oxygen atoms in total. The van der Waals surface area contributed by atoms with E-state index in [9.17, 15) is 0 Å². The summed E-state index contributed by atoms with van der Waals surface area (Å²) in [7, 11) is 0. The van der Waals surface area contributed by atoms with E-state index in [-0.39, 0.29) is 0 Å². The summed E-state index contributed by atoms with van der Waals surface area (Å²) < 4.78 is 0. The predicted molar refractivity (Wildman–Crippen MR) is 85.6 cm³/mol. The highest BCUT2D eigenvalue weighted by atomic mass is 79.9. The third-order valence-corrected chi connectivity index (χ3v) is 4.65. The van der Waals surface area contributed by atoms with Crippen LogP contribution in [0.5, 0.6) is 0 Å². The number of alkyl halides is 1. The van der Waals surface area contributed by atoms with E-state index in [4.69, 9.17) is 0 Å². The SMILES string of the molecule is CCCCCCC(Br)c1ccc(CC)c(CC)c1. The summed E-state index contributed by atoms with van der Waals surface area (Å²) in [5, 5.41) is 0. The molecule has 0 bridgehead atoms. The van der Waals surface area contributed by atoms with Gasteiger partial charge in [0.15, 0.2) is 0 Å². The molecule has 0 saturated heterocycles. The van der Waals surface area contributed by atoms with Gasteiger partial charge in [0.1, 0.15) is 0 Å². The molecular weight excluding hydrogens is 284 g/mol. The molecular formula is C17H27Br. The van der Waals surface area contributed by atoms with Crippen LogP contribution in [0.1, 0.15) is 74.4 Å². The number of benzene rings is 1. The summed E-state index contributed by atoms with van der Waals surface area (Å²) in [5.41, 5.74) is 4.49. The van der Waals surface area contributed by atoms with Gasteiger partial charge in [0, 0.05) is 4.83 Å². The molecule has 102 valence electrons. The lowest BCUT2D eigenvalue weighted by Gasteiger charge is -2.14. The molecule has 0 aliphatic heterocycles. The maximum Gasteiger partial charge on any atom is 0.0395 e. The Morgan fingerprint density at radius 1 is 0.944 bits per heavy atom. The van der Waals surface area contributed by atoms with Crippen molar-refractivity contribution in [2.75, 3.05) is 0 Å². The van der Waals surface area contributed by atoms with Gasteiger partial charge in [-0.2, -0.15) is 0 Å². The summed E-state index contributed by atoms with van der Waals surface area (Å²) in [6.45, 7) is 6.76. The van der Waals surface area contributed by atoms with E-state index in [1.165, 1.54) is 48.8 Å². The van der Waals surface area contributed by atoms with Crippen LogP contribution in [-0.2, 0) is 12.8 Å². The van der Waals surface area contributed by atoms with Crippen molar-refractivity contribution in [3.8, 4) is 0 Å². The molecule has 1 aromatic carbocycles. The monoisotopic (exact) mass is 310 g/mol. The second kappa shape index (κ2) is 8.74. The molecule has 1 aromatic rings. The van der Waals surface area contributed by atoms with Crippen molar-refractivity contribution in [1.82, 2.24) is 0 Å². The number of halogens is 1. The lowest BCUT2D eigenvalue weighted by molar-refractivity contribution is 0.630. The minimum absolute atomic E-state index is 0.533. The van der Waals surface area contributed by atoms with E-state index in [1.54, 1.807) is 0 Å². The first-order valence-electron chi connectivity index (χ1n) is 7.48. The second-order valence-corrected chi connectivity index (χ2v) is 6.16. The van der Waals surface area contributed by atoms with Gasteiger partial charge >= 0.3 is 0 Å². The fraction of sp³-hybridized carbons (Fsp3) is 0.647. The topological polar surface area (TPSA) is 0 Å². The maximum absolute atomic E-state index is 3.85. The first-order chi connectivity index (χ1) is 8.72. The van der Waals surface area contributed by atoms with Gasteiger partial charge in [-0.25, -0.2) is 0 Å². The van der Waals surface area contributed by atoms with Crippen LogP contribution in [-0.4, -0.2) is 0 Å². The third-order valence-electron chi connectivity index (χ3n) is 3.66. The van der Waals surface area contributed by atoms with E-state index in [0.29, 0.717) is 4.83 Å². The van der Waals surface area contributed by atoms with Crippen LogP contribution in [0.15, 0.2) is 18.2 Å². The molecule has 0 aliphatic carbocycles. The molecule has 0 heterocycles. The van der Waals surface area contributed by atoms with Crippen molar-refractivity contribution >= 4 is 15.9 Å². The Labute approximate surface area is 121 Å². The smallest absolute Gasteiger partial charge is 0.0395 e. The lowest BCUT2D eigenvalue weighted by atomic mass is 9.97. The number of hydrogen-bond donors (Lipinski definition) is 0. The zero-order valence-corrected chi connectivity index (χ0v) is 13.7. The van der Waals surface area contributed by atoms with Crippen molar-refractivity contribution in [1.29, 1.82) is 0 Å². The second-order valence-electron chi connectivity index (χ2n) is 5.05. The average molecular weight is 311 g/mol. The van der Waals surface area contributed by atoms with Gasteiger partial charge in [-0.1, -0.05) is 80.6 Å². The number of rotatable bonds is 8. The third kappa shape index (κ3) is 4.76. The van der Waals surface area contributed by atoms with Crippen LogP contribution in [0.3, 0.4) is 0 Å². The van der Waals surface area contributed by atoms with Gasteiger partial charge in [0.05, 0.1) is 0 Å². The van der Waals surface area contributed by atoms with E-state index in [0.717, 1.165) is 12.8 Å². The standard InChI is InChI=1S/C17H27Br/c1-4-7-8-9-10-17(18)16-12-11-14(5-2)15(6-3)13-16/h11-13,17H,4-10H2,1-3H3. The molecule has 0 amide bonds. The normalized spacial score (nSPS) is 12.7. The van der Waals surface area contributed by atoms with Crippen molar-refractivity contribution in [2.24, 2.45) is 0 Å². The molecule has 0 spiro atoms. The van der Waals surface area contributed by atoms with Gasteiger partial charge in [0.2, 0.25) is 0 Å². The summed E-state index contributed by atoms with van der Waals surface area (Å²) in [6.07, 6.45) is 8.94. The van der Waals surface area contributed by atoms with Crippen LogP contribution >= 0.6 is 15.9 Å². The number of aryl methyl sites for hydroxylation is 2. The lowest BCUT2D eigenvalue weighted by Crippen LogP contribution is -1.96. The largest absolute Gasteiger partial charge is 0.0839 e. The van der Waals surface area contributed by atoms with Crippen molar-refractivity contribution < 1.29 is 0 Å². The van der Waals surface area contributed by atoms with Crippen molar-refractivity contribution in [3.63, 3.8) is 0 Å². The minimum atomic E-state index is 0.533. The Morgan fingerprint density at radius 3 is 2.28 bits per heavy atom. The summed E-state index contributed by atoms with van der Waals surface area (Å²) in [6, 6.07) is 7.02. The van der Waals surface area contributed by atoms with Crippen LogP contribution < -0.4 is 0 Å². The van der Waals surface area contributed by atoms with Crippen molar-refractivity contribution in [3.05, 3.63) is 34.9 Å². The highest BCUT2D eigenvalue weighted by Crippen LogP contribution is 2.30. The number of hydrogen-bond acceptors (Lipinski definition) is 0. The Hall–Kier alpha value is -0.300. The molecule has 1 heteroatoms. The van der Waals surface area contributed by atoms with E-state index in [1.807, 2.05) is 0 Å². The number of unbranched alkanes of at least 4 members (excludes halogenated alkanes) is 3. The molecule has 0 fully saturated rings. The molecule has 1 unspecified atom stereocenters. The Balaban J connectivity index is 2.59. The molecule has 0 aromatic heterocycles. The quantitative estimate of drug-likeness (QED) is 0.395. The van der Waals surface area contributed by atoms with Crippen LogP contribution in [0, 0.1) is 0 Å². The summed E-state index contributed by atoms with van der Waals surface area (Å²) in [4.78, 5) is 0.533. The highest BCUT2D eigenvalue weighted by Gasteiger charge is 2.09. The first kappa shape index (κ1) is 15.8. The molecule has 1 rings (SSSR count). The molecule has 0 radical (unpaired) electrons. The summed E-state index contributed by atoms with van der Waals surface area (Å²) >= 11 is 3.85. The van der Waals surface area contributed by atoms with Crippen LogP contribution in [0.2, 0.25) is 0 Å². The highest BCUT2D eigenvalue weighted by molar-refractivity contribution is 9.09. The van der Waals surface area contributed by atoms with Gasteiger partial charge in [-0.15, -0.1) is 0 Å². The molecule has 1 atom stereocenters. The Bertz CT molecular complexity index is 343. The molecule has 0 aliphatic rings. The van der Waals surface area contributed by atoms with Crippen molar-refractivity contribution in [2.45, 2.75) is 70.5 Å². The fourth-order valence-electron chi connectivity index (χ4n) is 2.43. The van der Waals surface area contributed by atoms with E-state index < -0.39 is 0 Å². The van der Waals surface area contributed by atoms with Gasteiger partial charge in [-0.3, -0.25) is 0 Å². The molecule has 18 heavy (non-hydrogen) atoms. The Morgan fingerprint density at radius 2 is 1.67 bits per heavy atom. The molecule has 0 saturated carbocycles. The van der Waals surface area contributed by atoms with Gasteiger partial charge in [-0.05, 0) is 36.0 Å². The fourth-order valence-corrected chi connectivity index (χ4v) is 3.04. The first-order valence-corrected chi connectivity index (χ1v) is 8.40. The van der Waals surface area contributed by atoms with E-state index in [2.05, 4.69) is 54.9 Å².